The Morgan fingerprint density at radius 1 is 1.06 bits per heavy atom. The van der Waals surface area contributed by atoms with Gasteiger partial charge in [-0.1, -0.05) is 39.0 Å². The van der Waals surface area contributed by atoms with Crippen LogP contribution in [-0.4, -0.2) is 36.8 Å². The first-order valence-corrected chi connectivity index (χ1v) is 11.4. The fourth-order valence-electron chi connectivity index (χ4n) is 3.65. The largest absolute Gasteiger partial charge is 0.504 e. The highest BCUT2D eigenvalue weighted by atomic mass is 16.5. The van der Waals surface area contributed by atoms with Crippen LogP contribution in [0.4, 0.5) is 0 Å². The molecular weight excluding hydrogens is 418 g/mol. The number of methoxy groups -OCH3 is 2. The molecule has 2 rings (SSSR count). The van der Waals surface area contributed by atoms with Crippen molar-refractivity contribution in [3.63, 3.8) is 0 Å². The molecule has 0 radical (unpaired) electrons. The Morgan fingerprint density at radius 3 is 2.39 bits per heavy atom. The first-order valence-electron chi connectivity index (χ1n) is 11.4. The van der Waals surface area contributed by atoms with Gasteiger partial charge in [-0.05, 0) is 66.6 Å². The first kappa shape index (κ1) is 26.3. The molecule has 1 atom stereocenters. The van der Waals surface area contributed by atoms with E-state index < -0.39 is 0 Å². The summed E-state index contributed by atoms with van der Waals surface area (Å²) in [5.74, 6) is 1.70. The number of ketones is 1. The Labute approximate surface area is 197 Å². The molecule has 0 aliphatic rings. The molecule has 0 bridgehead atoms. The maximum Gasteiger partial charge on any atom is 0.162 e. The van der Waals surface area contributed by atoms with E-state index in [0.717, 1.165) is 29.7 Å². The van der Waals surface area contributed by atoms with Gasteiger partial charge in [-0.15, -0.1) is 0 Å². The van der Waals surface area contributed by atoms with Crippen molar-refractivity contribution in [3.05, 3.63) is 59.2 Å². The smallest absolute Gasteiger partial charge is 0.162 e. The number of carbonyl (C=O) groups excluding carboxylic acids is 1. The maximum atomic E-state index is 12.5. The van der Waals surface area contributed by atoms with Crippen molar-refractivity contribution in [1.29, 1.82) is 0 Å². The van der Waals surface area contributed by atoms with E-state index in [1.807, 2.05) is 25.1 Å². The van der Waals surface area contributed by atoms with Crippen LogP contribution in [0, 0.1) is 11.8 Å². The molecule has 2 aromatic carbocycles. The Morgan fingerprint density at radius 2 is 1.76 bits per heavy atom. The Hall–Kier alpha value is -2.99. The quantitative estimate of drug-likeness (QED) is 0.376. The molecule has 1 unspecified atom stereocenters. The van der Waals surface area contributed by atoms with E-state index in [1.54, 1.807) is 31.4 Å². The number of carbonyl (C=O) groups is 1. The summed E-state index contributed by atoms with van der Waals surface area (Å²) in [6.45, 7) is 7.67. The summed E-state index contributed by atoms with van der Waals surface area (Å²) in [6.07, 6.45) is 5.38. The monoisotopic (exact) mass is 455 g/mol. The van der Waals surface area contributed by atoms with Gasteiger partial charge in [0.15, 0.2) is 28.8 Å². The lowest BCUT2D eigenvalue weighted by atomic mass is 9.87. The Bertz CT molecular complexity index is 952. The second-order valence-corrected chi connectivity index (χ2v) is 8.53. The van der Waals surface area contributed by atoms with Crippen LogP contribution in [0.25, 0.3) is 0 Å². The highest BCUT2D eigenvalue weighted by Crippen LogP contribution is 2.33. The highest BCUT2D eigenvalue weighted by molar-refractivity contribution is 5.89. The lowest BCUT2D eigenvalue weighted by Crippen LogP contribution is -2.14. The molecule has 180 valence electrons. The van der Waals surface area contributed by atoms with Crippen LogP contribution in [0.1, 0.15) is 43.9 Å². The Kier molecular flexibility index (Phi) is 10.3. The molecule has 0 aliphatic carbocycles. The Balaban J connectivity index is 2.07. The summed E-state index contributed by atoms with van der Waals surface area (Å²) in [5.41, 5.74) is 2.80. The standard InChI is InChI=1S/C27H37NO5/c1-6-28-17-22-14-20(16-26(33-5)27(22)31)13-21(18(2)3)9-11-23(29)10-7-19-8-12-24(30)25(15-19)32-4/h8-9,11-12,14-16,18,21,28,30-31H,6-7,10,13,17H2,1-5H3. The molecule has 3 N–H and O–H groups in total. The van der Waals surface area contributed by atoms with E-state index in [1.165, 1.54) is 7.11 Å². The van der Waals surface area contributed by atoms with Crippen molar-refractivity contribution < 1.29 is 24.5 Å². The molecule has 0 saturated carbocycles. The third-order valence-corrected chi connectivity index (χ3v) is 5.76. The van der Waals surface area contributed by atoms with Gasteiger partial charge in [0, 0.05) is 18.5 Å². The predicted octanol–water partition coefficient (Wildman–Crippen LogP) is 4.80. The fraction of sp³-hybridized carbons (Fsp3) is 0.444. The first-order chi connectivity index (χ1) is 15.8. The van der Waals surface area contributed by atoms with Crippen LogP contribution in [0.15, 0.2) is 42.5 Å². The van der Waals surface area contributed by atoms with Gasteiger partial charge in [-0.2, -0.15) is 0 Å². The van der Waals surface area contributed by atoms with Crippen molar-refractivity contribution in [2.24, 2.45) is 11.8 Å². The van der Waals surface area contributed by atoms with Gasteiger partial charge in [0.05, 0.1) is 14.2 Å². The average Bonchev–Trinajstić information content (AvgIpc) is 2.80. The number of ether oxygens (including phenoxy) is 2. The molecule has 0 fully saturated rings. The van der Waals surface area contributed by atoms with E-state index >= 15 is 0 Å². The van der Waals surface area contributed by atoms with Crippen LogP contribution in [0.3, 0.4) is 0 Å². The number of hydrogen-bond acceptors (Lipinski definition) is 6. The van der Waals surface area contributed by atoms with Crippen molar-refractivity contribution in [2.45, 2.75) is 46.6 Å². The van der Waals surface area contributed by atoms with Gasteiger partial charge in [0.2, 0.25) is 0 Å². The molecule has 0 aromatic heterocycles. The fourth-order valence-corrected chi connectivity index (χ4v) is 3.65. The summed E-state index contributed by atoms with van der Waals surface area (Å²) in [7, 11) is 3.06. The highest BCUT2D eigenvalue weighted by Gasteiger charge is 2.16. The third-order valence-electron chi connectivity index (χ3n) is 5.76. The molecule has 6 nitrogen and oxygen atoms in total. The van der Waals surface area contributed by atoms with E-state index in [-0.39, 0.29) is 23.2 Å². The van der Waals surface area contributed by atoms with Gasteiger partial charge < -0.3 is 25.0 Å². The lowest BCUT2D eigenvalue weighted by Gasteiger charge is -2.19. The summed E-state index contributed by atoms with van der Waals surface area (Å²) < 4.78 is 10.5. The zero-order valence-electron chi connectivity index (χ0n) is 20.4. The zero-order valence-corrected chi connectivity index (χ0v) is 20.4. The second kappa shape index (κ2) is 12.9. The number of hydrogen-bond donors (Lipinski definition) is 3. The van der Waals surface area contributed by atoms with Gasteiger partial charge in [-0.3, -0.25) is 4.79 Å². The van der Waals surface area contributed by atoms with Crippen molar-refractivity contribution in [2.75, 3.05) is 20.8 Å². The molecular formula is C27H37NO5. The second-order valence-electron chi connectivity index (χ2n) is 8.53. The van der Waals surface area contributed by atoms with Crippen LogP contribution in [0.2, 0.25) is 0 Å². The molecule has 2 aromatic rings. The molecule has 0 heterocycles. The van der Waals surface area contributed by atoms with Crippen LogP contribution in [-0.2, 0) is 24.2 Å². The average molecular weight is 456 g/mol. The number of rotatable bonds is 13. The van der Waals surface area contributed by atoms with Crippen molar-refractivity contribution >= 4 is 5.78 Å². The summed E-state index contributed by atoms with van der Waals surface area (Å²) >= 11 is 0. The van der Waals surface area contributed by atoms with Gasteiger partial charge in [0.25, 0.3) is 0 Å². The number of nitrogens with one attached hydrogen (secondary N) is 1. The minimum absolute atomic E-state index is 0.0591. The van der Waals surface area contributed by atoms with Crippen molar-refractivity contribution in [3.8, 4) is 23.0 Å². The molecule has 0 spiro atoms. The van der Waals surface area contributed by atoms with E-state index in [9.17, 15) is 15.0 Å². The third kappa shape index (κ3) is 7.82. The molecule has 0 amide bonds. The van der Waals surface area contributed by atoms with E-state index in [4.69, 9.17) is 9.47 Å². The topological polar surface area (TPSA) is 88.0 Å². The molecule has 33 heavy (non-hydrogen) atoms. The predicted molar refractivity (Wildman–Crippen MR) is 131 cm³/mol. The maximum absolute atomic E-state index is 12.5. The van der Waals surface area contributed by atoms with Gasteiger partial charge in [-0.25, -0.2) is 0 Å². The SMILES string of the molecule is CCNCc1cc(CC(C=CC(=O)CCc2ccc(O)c(OC)c2)C(C)C)cc(OC)c1O. The number of benzene rings is 2. The summed E-state index contributed by atoms with van der Waals surface area (Å²) in [4.78, 5) is 12.5. The van der Waals surface area contributed by atoms with Gasteiger partial charge in [0.1, 0.15) is 0 Å². The summed E-state index contributed by atoms with van der Waals surface area (Å²) in [5, 5.41) is 23.4. The van der Waals surface area contributed by atoms with Crippen LogP contribution < -0.4 is 14.8 Å². The number of phenolic OH excluding ortho intramolecular Hbond substituents is 2. The van der Waals surface area contributed by atoms with Crippen molar-refractivity contribution in [1.82, 2.24) is 5.32 Å². The van der Waals surface area contributed by atoms with Crippen LogP contribution >= 0.6 is 0 Å². The molecule has 6 heteroatoms. The molecule has 0 aliphatic heterocycles. The normalized spacial score (nSPS) is 12.3. The van der Waals surface area contributed by atoms with Gasteiger partial charge >= 0.3 is 0 Å². The zero-order chi connectivity index (χ0) is 24.4. The minimum Gasteiger partial charge on any atom is -0.504 e. The molecule has 0 saturated heterocycles. The number of phenols is 2. The minimum atomic E-state index is 0.0591. The lowest BCUT2D eigenvalue weighted by molar-refractivity contribution is -0.114. The van der Waals surface area contributed by atoms with E-state index in [2.05, 4.69) is 19.2 Å². The van der Waals surface area contributed by atoms with E-state index in [0.29, 0.717) is 36.8 Å². The van der Waals surface area contributed by atoms with Crippen LogP contribution in [0.5, 0.6) is 23.0 Å². The number of allylic oxidation sites excluding steroid dienone is 2. The summed E-state index contributed by atoms with van der Waals surface area (Å²) in [6, 6.07) is 9.01. The number of aromatic hydroxyl groups is 2. The number of aryl methyl sites for hydroxylation is 1.